The van der Waals surface area contributed by atoms with E-state index in [1.54, 1.807) is 6.20 Å². The molecule has 1 unspecified atom stereocenters. The molecular formula is C24H37BrFN3O4SSi. The van der Waals surface area contributed by atoms with E-state index >= 15 is 0 Å². The number of pyridine rings is 1. The lowest BCUT2D eigenvalue weighted by Gasteiger charge is -2.42. The van der Waals surface area contributed by atoms with Crippen molar-refractivity contribution < 1.29 is 23.8 Å². The van der Waals surface area contributed by atoms with Crippen molar-refractivity contribution in [3.8, 4) is 5.88 Å². The van der Waals surface area contributed by atoms with Crippen LogP contribution in [0.15, 0.2) is 21.7 Å². The molecule has 0 spiro atoms. The summed E-state index contributed by atoms with van der Waals surface area (Å²) in [7, 11) is 0.143. The van der Waals surface area contributed by atoms with Crippen LogP contribution in [0, 0.1) is 11.3 Å². The lowest BCUT2D eigenvalue weighted by molar-refractivity contribution is -0.0761. The number of amidine groups is 1. The molecule has 196 valence electrons. The number of aliphatic imine (C=N–C) groups is 1. The summed E-state index contributed by atoms with van der Waals surface area (Å²) in [6.45, 7) is 14.4. The molecule has 0 saturated heterocycles. The van der Waals surface area contributed by atoms with Crippen LogP contribution in [0.5, 0.6) is 5.88 Å². The molecule has 2 aliphatic rings. The molecule has 0 radical (unpaired) electrons. The molecule has 1 fully saturated rings. The van der Waals surface area contributed by atoms with Crippen molar-refractivity contribution in [2.45, 2.75) is 76.3 Å². The molecule has 2 heterocycles. The largest absolute Gasteiger partial charge is 0.481 e. The third-order valence-corrected chi connectivity index (χ3v) is 10.2. The number of rotatable bonds is 8. The Bertz CT molecular complexity index is 1000. The molecule has 0 bridgehead atoms. The van der Waals surface area contributed by atoms with Gasteiger partial charge in [-0.25, -0.2) is 19.1 Å². The summed E-state index contributed by atoms with van der Waals surface area (Å²) in [6, 6.07) is 2.78. The highest BCUT2D eigenvalue weighted by molar-refractivity contribution is 9.10. The van der Waals surface area contributed by atoms with Crippen LogP contribution in [-0.2, 0) is 10.3 Å². The van der Waals surface area contributed by atoms with Gasteiger partial charge in [0.2, 0.25) is 5.88 Å². The van der Waals surface area contributed by atoms with Crippen LogP contribution in [0.25, 0.3) is 0 Å². The lowest BCUT2D eigenvalue weighted by atomic mass is 9.86. The Morgan fingerprint density at radius 3 is 2.60 bits per heavy atom. The van der Waals surface area contributed by atoms with Crippen molar-refractivity contribution in [3.05, 3.63) is 22.3 Å². The molecule has 7 nitrogen and oxygen atoms in total. The van der Waals surface area contributed by atoms with Gasteiger partial charge in [-0.2, -0.15) is 0 Å². The molecule has 1 aliphatic heterocycles. The number of aromatic nitrogens is 1. The Hall–Kier alpha value is -1.17. The second-order valence-electron chi connectivity index (χ2n) is 11.9. The highest BCUT2D eigenvalue weighted by Gasteiger charge is 2.68. The van der Waals surface area contributed by atoms with Crippen molar-refractivity contribution in [2.75, 3.05) is 20.4 Å². The van der Waals surface area contributed by atoms with Crippen molar-refractivity contribution in [1.29, 1.82) is 0 Å². The van der Waals surface area contributed by atoms with E-state index in [9.17, 15) is 14.3 Å². The number of carboxylic acid groups (broad SMARTS) is 1. The minimum absolute atomic E-state index is 0.115. The van der Waals surface area contributed by atoms with Crippen LogP contribution < -0.4 is 4.74 Å². The van der Waals surface area contributed by atoms with E-state index in [4.69, 9.17) is 14.5 Å². The number of halogens is 2. The fourth-order valence-electron chi connectivity index (χ4n) is 4.54. The number of amides is 1. The van der Waals surface area contributed by atoms with Crippen molar-refractivity contribution in [1.82, 2.24) is 9.88 Å². The first kappa shape index (κ1) is 28.4. The average molecular weight is 591 g/mol. The van der Waals surface area contributed by atoms with Gasteiger partial charge in [-0.05, 0) is 41.4 Å². The quantitative estimate of drug-likeness (QED) is 0.271. The smallest absolute Gasteiger partial charge is 0.415 e. The Morgan fingerprint density at radius 2 is 2.09 bits per heavy atom. The van der Waals surface area contributed by atoms with Crippen LogP contribution >= 0.6 is 27.7 Å². The second kappa shape index (κ2) is 9.94. The Labute approximate surface area is 221 Å². The fraction of sp³-hybridized carbons (Fsp3) is 0.708. The van der Waals surface area contributed by atoms with Gasteiger partial charge >= 0.3 is 6.09 Å². The molecule has 1 N–H and O–H groups in total. The van der Waals surface area contributed by atoms with Gasteiger partial charge < -0.3 is 14.6 Å². The van der Waals surface area contributed by atoms with Crippen molar-refractivity contribution in [3.63, 3.8) is 0 Å². The summed E-state index contributed by atoms with van der Waals surface area (Å²) in [5, 5.41) is 10.6. The standard InChI is InChI=1S/C24H37BrFN3O4SSi/c1-22(2,3)19(33-9-10-35(6,7)8)29(21(30)31)20-28-23(4,17-12-24(17,14-26)34-20)16-11-15(25)13-27-18(16)32-5/h11,13,17,19H,9-10,12,14H2,1-8H3,(H,30,31)/t17-,19?,23+,24+/m0/s1. The average Bonchev–Trinajstić information content (AvgIpc) is 3.47. The molecule has 0 aromatic carbocycles. The number of alkyl halides is 1. The van der Waals surface area contributed by atoms with E-state index in [2.05, 4.69) is 40.6 Å². The van der Waals surface area contributed by atoms with Gasteiger partial charge in [0.05, 0.1) is 17.4 Å². The van der Waals surface area contributed by atoms with Gasteiger partial charge in [0.25, 0.3) is 0 Å². The van der Waals surface area contributed by atoms with E-state index in [1.165, 1.54) is 23.8 Å². The maximum absolute atomic E-state index is 14.5. The number of ether oxygens (including phenoxy) is 2. The summed E-state index contributed by atoms with van der Waals surface area (Å²) in [5.41, 5.74) is -0.747. The van der Waals surface area contributed by atoms with Gasteiger partial charge in [0.1, 0.15) is 12.9 Å². The molecule has 1 saturated carbocycles. The Morgan fingerprint density at radius 1 is 1.43 bits per heavy atom. The highest BCUT2D eigenvalue weighted by atomic mass is 79.9. The van der Waals surface area contributed by atoms with Gasteiger partial charge in [-0.3, -0.25) is 4.99 Å². The predicted octanol–water partition coefficient (Wildman–Crippen LogP) is 6.61. The normalized spacial score (nSPS) is 27.0. The topological polar surface area (TPSA) is 84.3 Å². The number of fused-ring (bicyclic) bond motifs is 1. The summed E-state index contributed by atoms with van der Waals surface area (Å²) in [6.07, 6.45) is 0.270. The first-order valence-corrected chi connectivity index (χ1v) is 17.1. The van der Waals surface area contributed by atoms with Gasteiger partial charge in [0, 0.05) is 42.2 Å². The minimum atomic E-state index is -1.39. The van der Waals surface area contributed by atoms with E-state index in [0.29, 0.717) is 24.5 Å². The lowest BCUT2D eigenvalue weighted by Crippen LogP contribution is -2.53. The third kappa shape index (κ3) is 5.88. The number of nitrogens with zero attached hydrogens (tertiary/aromatic N) is 3. The Balaban J connectivity index is 2.10. The molecule has 1 amide bonds. The molecule has 1 aromatic heterocycles. The molecule has 3 rings (SSSR count). The SMILES string of the molecule is COc1ncc(Br)cc1[C@@]1(C)N=C(N(C(=O)O)C(OCC[Si](C)(C)C)C(C)(C)C)S[C@@]2(CF)C[C@H]21. The van der Waals surface area contributed by atoms with E-state index in [-0.39, 0.29) is 11.1 Å². The number of hydrogen-bond acceptors (Lipinski definition) is 6. The van der Waals surface area contributed by atoms with Gasteiger partial charge in [-0.1, -0.05) is 52.2 Å². The molecule has 1 aromatic rings. The first-order valence-electron chi connectivity index (χ1n) is 11.8. The maximum atomic E-state index is 14.5. The van der Waals surface area contributed by atoms with Crippen LogP contribution in [-0.4, -0.2) is 65.7 Å². The van der Waals surface area contributed by atoms with Gasteiger partial charge in [0.15, 0.2) is 5.17 Å². The Kier molecular flexibility index (Phi) is 8.07. The number of carbonyl (C=O) groups is 1. The monoisotopic (exact) mass is 589 g/mol. The van der Waals surface area contributed by atoms with Crippen molar-refractivity contribution >= 4 is 47.0 Å². The van der Waals surface area contributed by atoms with Crippen LogP contribution in [0.2, 0.25) is 25.7 Å². The molecular weight excluding hydrogens is 553 g/mol. The maximum Gasteiger partial charge on any atom is 0.415 e. The van der Waals surface area contributed by atoms with E-state index < -0.39 is 42.8 Å². The second-order valence-corrected chi connectivity index (χ2v) is 19.8. The number of methoxy groups -OCH3 is 1. The first-order chi connectivity index (χ1) is 16.1. The predicted molar refractivity (Wildman–Crippen MR) is 145 cm³/mol. The van der Waals surface area contributed by atoms with Crippen LogP contribution in [0.4, 0.5) is 9.18 Å². The zero-order chi connectivity index (χ0) is 26.4. The fourth-order valence-corrected chi connectivity index (χ4v) is 7.15. The summed E-state index contributed by atoms with van der Waals surface area (Å²) < 4.78 is 26.3. The summed E-state index contributed by atoms with van der Waals surface area (Å²) >= 11 is 4.69. The van der Waals surface area contributed by atoms with E-state index in [1.807, 2.05) is 33.8 Å². The molecule has 4 atom stereocenters. The zero-order valence-corrected chi connectivity index (χ0v) is 25.2. The minimum Gasteiger partial charge on any atom is -0.481 e. The molecule has 11 heteroatoms. The number of thioether (sulfide) groups is 1. The number of hydrogen-bond donors (Lipinski definition) is 1. The summed E-state index contributed by atoms with van der Waals surface area (Å²) in [5.74, 6) is 0.279. The van der Waals surface area contributed by atoms with Crippen LogP contribution in [0.1, 0.15) is 39.7 Å². The molecule has 1 aliphatic carbocycles. The summed E-state index contributed by atoms with van der Waals surface area (Å²) in [4.78, 5) is 23.3. The third-order valence-electron chi connectivity index (χ3n) is 6.62. The van der Waals surface area contributed by atoms with Crippen LogP contribution in [0.3, 0.4) is 0 Å². The van der Waals surface area contributed by atoms with Gasteiger partial charge in [-0.15, -0.1) is 0 Å². The zero-order valence-electron chi connectivity index (χ0n) is 21.8. The van der Waals surface area contributed by atoms with Crippen molar-refractivity contribution in [2.24, 2.45) is 16.3 Å². The molecule has 35 heavy (non-hydrogen) atoms. The highest BCUT2D eigenvalue weighted by Crippen LogP contribution is 2.67. The van der Waals surface area contributed by atoms with E-state index in [0.717, 1.165) is 10.5 Å².